The Hall–Kier alpha value is -0.420. The van der Waals surface area contributed by atoms with Gasteiger partial charge >= 0.3 is 0 Å². The lowest BCUT2D eigenvalue weighted by molar-refractivity contribution is 0.644. The first-order valence-corrected chi connectivity index (χ1v) is 5.77. The number of hydrogen-bond acceptors (Lipinski definition) is 4. The van der Waals surface area contributed by atoms with Crippen LogP contribution in [0.25, 0.3) is 0 Å². The number of unbranched alkanes of at least 4 members (excludes halogenated alkanes) is 1. The van der Waals surface area contributed by atoms with Gasteiger partial charge in [0.25, 0.3) is 0 Å². The lowest BCUT2D eigenvalue weighted by atomic mass is 10.1. The van der Waals surface area contributed by atoms with Crippen LogP contribution >= 0.6 is 23.6 Å². The van der Waals surface area contributed by atoms with E-state index in [2.05, 4.69) is 29.4 Å². The Morgan fingerprint density at radius 3 is 3.00 bits per heavy atom. The topological polar surface area (TPSA) is 40.7 Å². The molecule has 0 fully saturated rings. The van der Waals surface area contributed by atoms with E-state index in [0.29, 0.717) is 6.04 Å². The van der Waals surface area contributed by atoms with Crippen molar-refractivity contribution >= 4 is 28.7 Å². The number of nitrogens with one attached hydrogen (secondary N) is 2. The highest BCUT2D eigenvalue weighted by Gasteiger charge is 2.03. The number of H-pyrrole nitrogens is 1. The summed E-state index contributed by atoms with van der Waals surface area (Å²) in [6.45, 7) is 4.37. The fourth-order valence-corrected chi connectivity index (χ4v) is 1.99. The zero-order valence-electron chi connectivity index (χ0n) is 7.96. The zero-order valence-corrected chi connectivity index (χ0v) is 9.60. The predicted octanol–water partition coefficient (Wildman–Crippen LogP) is 3.19. The first kappa shape index (κ1) is 10.7. The standard InChI is InChI=1S/C8H15N3S2/c1-3-4-5-6(2)9-7-10-11-8(12)13-7/h6H,3-5H2,1-2H3,(H,9,10)(H,11,12). The summed E-state index contributed by atoms with van der Waals surface area (Å²) in [7, 11) is 0. The molecule has 0 saturated heterocycles. The van der Waals surface area contributed by atoms with Gasteiger partial charge in [-0.25, -0.2) is 0 Å². The van der Waals surface area contributed by atoms with E-state index in [9.17, 15) is 0 Å². The second-order valence-electron chi connectivity index (χ2n) is 3.11. The maximum Gasteiger partial charge on any atom is 0.204 e. The van der Waals surface area contributed by atoms with Gasteiger partial charge in [0.1, 0.15) is 0 Å². The molecule has 0 radical (unpaired) electrons. The van der Waals surface area contributed by atoms with Crippen molar-refractivity contribution in [1.82, 2.24) is 10.2 Å². The van der Waals surface area contributed by atoms with Crippen molar-refractivity contribution in [2.24, 2.45) is 0 Å². The molecule has 0 aliphatic heterocycles. The SMILES string of the molecule is CCCCC(C)Nc1n[nH]c(=S)s1. The molecule has 2 N–H and O–H groups in total. The molecule has 3 nitrogen and oxygen atoms in total. The van der Waals surface area contributed by atoms with Crippen molar-refractivity contribution in [2.45, 2.75) is 39.2 Å². The van der Waals surface area contributed by atoms with E-state index in [1.165, 1.54) is 30.6 Å². The highest BCUT2D eigenvalue weighted by molar-refractivity contribution is 7.73. The molecule has 1 rings (SSSR count). The molecule has 0 aromatic carbocycles. The third-order valence-corrected chi connectivity index (χ3v) is 2.82. The highest BCUT2D eigenvalue weighted by atomic mass is 32.1. The Kier molecular flexibility index (Phi) is 4.38. The van der Waals surface area contributed by atoms with Gasteiger partial charge in [-0.2, -0.15) is 0 Å². The fourth-order valence-electron chi connectivity index (χ4n) is 1.08. The summed E-state index contributed by atoms with van der Waals surface area (Å²) in [5, 5.41) is 11.0. The lowest BCUT2D eigenvalue weighted by Gasteiger charge is -2.10. The minimum atomic E-state index is 0.480. The molecule has 0 aliphatic rings. The molecule has 0 saturated carbocycles. The molecule has 1 unspecified atom stereocenters. The van der Waals surface area contributed by atoms with Crippen molar-refractivity contribution in [3.8, 4) is 0 Å². The van der Waals surface area contributed by atoms with Crippen molar-refractivity contribution in [3.63, 3.8) is 0 Å². The first-order valence-electron chi connectivity index (χ1n) is 4.54. The minimum Gasteiger partial charge on any atom is -0.358 e. The highest BCUT2D eigenvalue weighted by Crippen LogP contribution is 2.13. The third-order valence-electron chi connectivity index (χ3n) is 1.80. The van der Waals surface area contributed by atoms with Gasteiger partial charge in [0.2, 0.25) is 5.13 Å². The first-order chi connectivity index (χ1) is 6.22. The number of hydrogen-bond donors (Lipinski definition) is 2. The maximum absolute atomic E-state index is 4.93. The summed E-state index contributed by atoms with van der Waals surface area (Å²) >= 11 is 6.42. The number of anilines is 1. The summed E-state index contributed by atoms with van der Waals surface area (Å²) in [6.07, 6.45) is 3.68. The Morgan fingerprint density at radius 2 is 2.46 bits per heavy atom. The molecule has 74 valence electrons. The molecule has 0 amide bonds. The smallest absolute Gasteiger partial charge is 0.204 e. The van der Waals surface area contributed by atoms with Gasteiger partial charge in [-0.1, -0.05) is 31.1 Å². The van der Waals surface area contributed by atoms with Crippen LogP contribution in [0.4, 0.5) is 5.13 Å². The average Bonchev–Trinajstić information content (AvgIpc) is 2.48. The quantitative estimate of drug-likeness (QED) is 0.744. The van der Waals surface area contributed by atoms with Crippen LogP contribution in [0.2, 0.25) is 0 Å². The molecular formula is C8H15N3S2. The molecule has 1 aromatic heterocycles. The van der Waals surface area contributed by atoms with Crippen LogP contribution in [0.3, 0.4) is 0 Å². The third kappa shape index (κ3) is 3.87. The number of aromatic nitrogens is 2. The second kappa shape index (κ2) is 5.34. The summed E-state index contributed by atoms with van der Waals surface area (Å²) < 4.78 is 0.727. The number of nitrogens with zero attached hydrogens (tertiary/aromatic N) is 1. The van der Waals surface area contributed by atoms with Crippen LogP contribution in [-0.2, 0) is 0 Å². The van der Waals surface area contributed by atoms with Crippen molar-refractivity contribution in [1.29, 1.82) is 0 Å². The van der Waals surface area contributed by atoms with Crippen LogP contribution in [-0.4, -0.2) is 16.2 Å². The monoisotopic (exact) mass is 217 g/mol. The average molecular weight is 217 g/mol. The second-order valence-corrected chi connectivity index (χ2v) is 4.77. The molecule has 1 atom stereocenters. The molecule has 0 bridgehead atoms. The molecule has 13 heavy (non-hydrogen) atoms. The van der Waals surface area contributed by atoms with Crippen LogP contribution < -0.4 is 5.32 Å². The van der Waals surface area contributed by atoms with Gasteiger partial charge in [0, 0.05) is 6.04 Å². The lowest BCUT2D eigenvalue weighted by Crippen LogP contribution is -2.14. The summed E-state index contributed by atoms with van der Waals surface area (Å²) in [4.78, 5) is 0. The molecule has 1 heterocycles. The summed E-state index contributed by atoms with van der Waals surface area (Å²) in [5.74, 6) is 0. The van der Waals surface area contributed by atoms with Crippen LogP contribution in [0.5, 0.6) is 0 Å². The summed E-state index contributed by atoms with van der Waals surface area (Å²) in [5.41, 5.74) is 0. The van der Waals surface area contributed by atoms with E-state index in [-0.39, 0.29) is 0 Å². The van der Waals surface area contributed by atoms with Gasteiger partial charge in [0.05, 0.1) is 0 Å². The maximum atomic E-state index is 4.93. The van der Waals surface area contributed by atoms with Gasteiger partial charge in [-0.3, -0.25) is 5.10 Å². The van der Waals surface area contributed by atoms with Crippen LogP contribution in [0.15, 0.2) is 0 Å². The summed E-state index contributed by atoms with van der Waals surface area (Å²) in [6, 6.07) is 0.480. The molecular weight excluding hydrogens is 202 g/mol. The van der Waals surface area contributed by atoms with E-state index in [4.69, 9.17) is 12.2 Å². The van der Waals surface area contributed by atoms with Crippen LogP contribution in [0, 0.1) is 3.95 Å². The zero-order chi connectivity index (χ0) is 9.68. The van der Waals surface area contributed by atoms with Crippen LogP contribution in [0.1, 0.15) is 33.1 Å². The normalized spacial score (nSPS) is 12.8. The van der Waals surface area contributed by atoms with Crippen molar-refractivity contribution in [3.05, 3.63) is 3.95 Å². The fraction of sp³-hybridized carbons (Fsp3) is 0.750. The number of aromatic amines is 1. The van der Waals surface area contributed by atoms with Crippen molar-refractivity contribution in [2.75, 3.05) is 5.32 Å². The molecule has 0 aliphatic carbocycles. The van der Waals surface area contributed by atoms with Crippen molar-refractivity contribution < 1.29 is 0 Å². The van der Waals surface area contributed by atoms with Gasteiger partial charge < -0.3 is 5.32 Å². The van der Waals surface area contributed by atoms with Gasteiger partial charge in [-0.15, -0.1) is 5.10 Å². The van der Waals surface area contributed by atoms with Gasteiger partial charge in [-0.05, 0) is 25.6 Å². The van der Waals surface area contributed by atoms with E-state index >= 15 is 0 Å². The Labute approximate surface area is 87.6 Å². The molecule has 0 spiro atoms. The van der Waals surface area contributed by atoms with E-state index < -0.39 is 0 Å². The Balaban J connectivity index is 2.36. The largest absolute Gasteiger partial charge is 0.358 e. The molecule has 1 aromatic rings. The Morgan fingerprint density at radius 1 is 1.69 bits per heavy atom. The molecule has 5 heteroatoms. The van der Waals surface area contributed by atoms with E-state index in [0.717, 1.165) is 9.09 Å². The minimum absolute atomic E-state index is 0.480. The Bertz CT molecular complexity index is 292. The van der Waals surface area contributed by atoms with E-state index in [1.807, 2.05) is 0 Å². The predicted molar refractivity (Wildman–Crippen MR) is 59.9 cm³/mol. The van der Waals surface area contributed by atoms with E-state index in [1.54, 1.807) is 0 Å². The number of rotatable bonds is 5. The van der Waals surface area contributed by atoms with Gasteiger partial charge in [0.15, 0.2) is 3.95 Å².